The van der Waals surface area contributed by atoms with Crippen LogP contribution in [0.4, 0.5) is 0 Å². The van der Waals surface area contributed by atoms with E-state index >= 15 is 0 Å². The van der Waals surface area contributed by atoms with Crippen LogP contribution >= 0.6 is 0 Å². The molecular formula is C11H23N3. The number of hydrogen-bond donors (Lipinski definition) is 1. The van der Waals surface area contributed by atoms with Crippen LogP contribution in [0.3, 0.4) is 0 Å². The second-order valence-electron chi connectivity index (χ2n) is 4.79. The third-order valence-electron chi connectivity index (χ3n) is 3.58. The minimum atomic E-state index is 0.782. The zero-order chi connectivity index (χ0) is 9.97. The second-order valence-corrected chi connectivity index (χ2v) is 4.79. The van der Waals surface area contributed by atoms with Crippen LogP contribution in [0.1, 0.15) is 25.7 Å². The first-order valence-electron chi connectivity index (χ1n) is 5.95. The number of rotatable bonds is 5. The fourth-order valence-corrected chi connectivity index (χ4v) is 2.56. The standard InChI is InChI=1S/C11H23N3/c1-13(10-4-5-10)9-11-3-2-7-14(11)8-6-12/h10-11H,2-9,12H2,1H3/t11-/m0/s1. The lowest BCUT2D eigenvalue weighted by Crippen LogP contribution is -2.41. The highest BCUT2D eigenvalue weighted by Gasteiger charge is 2.31. The molecule has 1 saturated heterocycles. The molecule has 2 aliphatic rings. The van der Waals surface area contributed by atoms with Gasteiger partial charge in [-0.05, 0) is 39.3 Å². The Morgan fingerprint density at radius 2 is 2.14 bits per heavy atom. The average molecular weight is 197 g/mol. The molecule has 1 aliphatic heterocycles. The predicted octanol–water partition coefficient (Wildman–Crippen LogP) is 0.504. The van der Waals surface area contributed by atoms with Crippen LogP contribution in [0.2, 0.25) is 0 Å². The van der Waals surface area contributed by atoms with Crippen molar-refractivity contribution in [3.63, 3.8) is 0 Å². The van der Waals surface area contributed by atoms with Crippen molar-refractivity contribution < 1.29 is 0 Å². The highest BCUT2D eigenvalue weighted by molar-refractivity contribution is 4.88. The lowest BCUT2D eigenvalue weighted by atomic mass is 10.2. The fourth-order valence-electron chi connectivity index (χ4n) is 2.56. The summed E-state index contributed by atoms with van der Waals surface area (Å²) in [6.07, 6.45) is 5.57. The molecule has 82 valence electrons. The Balaban J connectivity index is 1.77. The smallest absolute Gasteiger partial charge is 0.0224 e. The topological polar surface area (TPSA) is 32.5 Å². The summed E-state index contributed by atoms with van der Waals surface area (Å²) in [4.78, 5) is 5.11. The van der Waals surface area contributed by atoms with E-state index in [2.05, 4.69) is 16.8 Å². The van der Waals surface area contributed by atoms with Crippen molar-refractivity contribution in [3.8, 4) is 0 Å². The zero-order valence-corrected chi connectivity index (χ0v) is 9.28. The van der Waals surface area contributed by atoms with Gasteiger partial charge in [0.2, 0.25) is 0 Å². The van der Waals surface area contributed by atoms with Crippen molar-refractivity contribution in [2.24, 2.45) is 5.73 Å². The summed E-state index contributed by atoms with van der Waals surface area (Å²) in [5, 5.41) is 0. The van der Waals surface area contributed by atoms with Crippen molar-refractivity contribution >= 4 is 0 Å². The van der Waals surface area contributed by atoms with E-state index in [0.29, 0.717) is 0 Å². The zero-order valence-electron chi connectivity index (χ0n) is 9.28. The van der Waals surface area contributed by atoms with Crippen molar-refractivity contribution in [3.05, 3.63) is 0 Å². The molecule has 1 saturated carbocycles. The molecule has 0 unspecified atom stereocenters. The minimum Gasteiger partial charge on any atom is -0.329 e. The molecule has 3 heteroatoms. The lowest BCUT2D eigenvalue weighted by molar-refractivity contribution is 0.191. The summed E-state index contributed by atoms with van der Waals surface area (Å²) in [5.74, 6) is 0. The van der Waals surface area contributed by atoms with E-state index in [1.54, 1.807) is 0 Å². The summed E-state index contributed by atoms with van der Waals surface area (Å²) >= 11 is 0. The Morgan fingerprint density at radius 1 is 1.36 bits per heavy atom. The highest BCUT2D eigenvalue weighted by atomic mass is 15.2. The molecule has 2 rings (SSSR count). The summed E-state index contributed by atoms with van der Waals surface area (Å²) in [6, 6.07) is 1.68. The van der Waals surface area contributed by atoms with Crippen LogP contribution in [-0.2, 0) is 0 Å². The molecule has 1 atom stereocenters. The van der Waals surface area contributed by atoms with Gasteiger partial charge in [-0.2, -0.15) is 0 Å². The Bertz CT molecular complexity index is 179. The predicted molar refractivity (Wildman–Crippen MR) is 59.3 cm³/mol. The van der Waals surface area contributed by atoms with Gasteiger partial charge in [0.15, 0.2) is 0 Å². The van der Waals surface area contributed by atoms with Gasteiger partial charge in [0.25, 0.3) is 0 Å². The quantitative estimate of drug-likeness (QED) is 0.697. The summed E-state index contributed by atoms with van der Waals surface area (Å²) in [5.41, 5.74) is 5.62. The van der Waals surface area contributed by atoms with Crippen molar-refractivity contribution in [2.75, 3.05) is 33.2 Å². The molecule has 0 aromatic carbocycles. The highest BCUT2D eigenvalue weighted by Crippen LogP contribution is 2.27. The normalized spacial score (nSPS) is 28.9. The molecule has 0 amide bonds. The summed E-state index contributed by atoms with van der Waals surface area (Å²) in [7, 11) is 2.27. The van der Waals surface area contributed by atoms with Crippen LogP contribution in [-0.4, -0.2) is 55.1 Å². The molecular weight excluding hydrogens is 174 g/mol. The van der Waals surface area contributed by atoms with Gasteiger partial charge in [-0.15, -0.1) is 0 Å². The Hall–Kier alpha value is -0.120. The Labute approximate surface area is 87.2 Å². The van der Waals surface area contributed by atoms with Gasteiger partial charge < -0.3 is 10.6 Å². The molecule has 2 N–H and O–H groups in total. The Kier molecular flexibility index (Phi) is 3.42. The maximum absolute atomic E-state index is 5.62. The average Bonchev–Trinajstić information content (AvgIpc) is 2.93. The second kappa shape index (κ2) is 4.60. The first-order chi connectivity index (χ1) is 6.81. The first kappa shape index (κ1) is 10.4. The van der Waals surface area contributed by atoms with E-state index in [1.165, 1.54) is 38.8 Å². The molecule has 3 nitrogen and oxygen atoms in total. The fraction of sp³-hybridized carbons (Fsp3) is 1.00. The molecule has 0 radical (unpaired) electrons. The maximum Gasteiger partial charge on any atom is 0.0224 e. The van der Waals surface area contributed by atoms with E-state index in [0.717, 1.165) is 25.2 Å². The molecule has 0 spiro atoms. The molecule has 1 aliphatic carbocycles. The van der Waals surface area contributed by atoms with Gasteiger partial charge in [0, 0.05) is 31.7 Å². The van der Waals surface area contributed by atoms with Gasteiger partial charge in [-0.3, -0.25) is 4.90 Å². The molecule has 14 heavy (non-hydrogen) atoms. The molecule has 0 bridgehead atoms. The van der Waals surface area contributed by atoms with Crippen molar-refractivity contribution in [1.29, 1.82) is 0 Å². The van der Waals surface area contributed by atoms with E-state index in [-0.39, 0.29) is 0 Å². The summed E-state index contributed by atoms with van der Waals surface area (Å²) in [6.45, 7) is 4.41. The van der Waals surface area contributed by atoms with Gasteiger partial charge in [0.1, 0.15) is 0 Å². The number of likely N-dealkylation sites (N-methyl/N-ethyl adjacent to an activating group) is 1. The van der Waals surface area contributed by atoms with Crippen LogP contribution in [0.25, 0.3) is 0 Å². The molecule has 1 heterocycles. The van der Waals surface area contributed by atoms with E-state index < -0.39 is 0 Å². The summed E-state index contributed by atoms with van der Waals surface area (Å²) < 4.78 is 0. The first-order valence-corrected chi connectivity index (χ1v) is 5.95. The lowest BCUT2D eigenvalue weighted by Gasteiger charge is -2.28. The Morgan fingerprint density at radius 3 is 2.79 bits per heavy atom. The van der Waals surface area contributed by atoms with Gasteiger partial charge in [-0.25, -0.2) is 0 Å². The van der Waals surface area contributed by atoms with Crippen LogP contribution in [0.15, 0.2) is 0 Å². The van der Waals surface area contributed by atoms with Gasteiger partial charge in [0.05, 0.1) is 0 Å². The molecule has 0 aromatic heterocycles. The van der Waals surface area contributed by atoms with Crippen molar-refractivity contribution in [1.82, 2.24) is 9.80 Å². The minimum absolute atomic E-state index is 0.782. The van der Waals surface area contributed by atoms with Crippen LogP contribution in [0, 0.1) is 0 Å². The third-order valence-corrected chi connectivity index (χ3v) is 3.58. The third kappa shape index (κ3) is 2.47. The van der Waals surface area contributed by atoms with Crippen molar-refractivity contribution in [2.45, 2.75) is 37.8 Å². The van der Waals surface area contributed by atoms with E-state index in [4.69, 9.17) is 5.73 Å². The van der Waals surface area contributed by atoms with E-state index in [9.17, 15) is 0 Å². The molecule has 0 aromatic rings. The number of nitrogens with two attached hydrogens (primary N) is 1. The number of nitrogens with zero attached hydrogens (tertiary/aromatic N) is 2. The number of hydrogen-bond acceptors (Lipinski definition) is 3. The van der Waals surface area contributed by atoms with Crippen LogP contribution < -0.4 is 5.73 Å². The largest absolute Gasteiger partial charge is 0.329 e. The monoisotopic (exact) mass is 197 g/mol. The molecule has 2 fully saturated rings. The van der Waals surface area contributed by atoms with Gasteiger partial charge in [-0.1, -0.05) is 0 Å². The SMILES string of the molecule is CN(C[C@@H]1CCCN1CCN)C1CC1. The van der Waals surface area contributed by atoms with Crippen LogP contribution in [0.5, 0.6) is 0 Å². The maximum atomic E-state index is 5.62. The van der Waals surface area contributed by atoms with Gasteiger partial charge >= 0.3 is 0 Å². The number of likely N-dealkylation sites (tertiary alicyclic amines) is 1. The van der Waals surface area contributed by atoms with E-state index in [1.807, 2.05) is 0 Å².